The lowest BCUT2D eigenvalue weighted by Crippen LogP contribution is -2.21. The van der Waals surface area contributed by atoms with Gasteiger partial charge in [-0.25, -0.2) is 4.98 Å². The van der Waals surface area contributed by atoms with Crippen LogP contribution in [0.4, 0.5) is 11.4 Å². The fraction of sp³-hybridized carbons (Fsp3) is 0.231. The van der Waals surface area contributed by atoms with Gasteiger partial charge in [-0.15, -0.1) is 0 Å². The molecule has 4 aromatic rings. The van der Waals surface area contributed by atoms with Crippen LogP contribution in [0.3, 0.4) is 0 Å². The van der Waals surface area contributed by atoms with Crippen LogP contribution in [0, 0.1) is 13.8 Å². The number of carbonyl (C=O) groups is 1. The quantitative estimate of drug-likeness (QED) is 0.408. The lowest BCUT2D eigenvalue weighted by atomic mass is 10.1. The monoisotopic (exact) mass is 413 g/mol. The maximum absolute atomic E-state index is 12.6. The van der Waals surface area contributed by atoms with Crippen molar-refractivity contribution in [3.8, 4) is 11.5 Å². The van der Waals surface area contributed by atoms with Crippen molar-refractivity contribution in [3.63, 3.8) is 0 Å². The van der Waals surface area contributed by atoms with E-state index in [-0.39, 0.29) is 5.91 Å². The zero-order valence-electron chi connectivity index (χ0n) is 18.4. The summed E-state index contributed by atoms with van der Waals surface area (Å²) in [5.41, 5.74) is 7.08. The molecule has 0 radical (unpaired) electrons. The highest BCUT2D eigenvalue weighted by Gasteiger charge is 2.12. The van der Waals surface area contributed by atoms with E-state index >= 15 is 0 Å². The molecule has 0 atom stereocenters. The summed E-state index contributed by atoms with van der Waals surface area (Å²) in [6, 6.07) is 19.5. The van der Waals surface area contributed by atoms with E-state index in [2.05, 4.69) is 41.2 Å². The third kappa shape index (κ3) is 4.31. The number of oxazole rings is 1. The van der Waals surface area contributed by atoms with Crippen LogP contribution >= 0.6 is 0 Å². The molecule has 31 heavy (non-hydrogen) atoms. The van der Waals surface area contributed by atoms with Crippen molar-refractivity contribution in [1.29, 1.82) is 0 Å². The predicted octanol–water partition coefficient (Wildman–Crippen LogP) is 6.21. The smallest absolute Gasteiger partial charge is 0.255 e. The van der Waals surface area contributed by atoms with Gasteiger partial charge in [0.1, 0.15) is 5.52 Å². The Kier molecular flexibility index (Phi) is 5.76. The third-order valence-electron chi connectivity index (χ3n) is 5.66. The van der Waals surface area contributed by atoms with Gasteiger partial charge in [-0.3, -0.25) is 4.79 Å². The van der Waals surface area contributed by atoms with E-state index in [1.165, 1.54) is 11.3 Å². The van der Waals surface area contributed by atoms with Crippen LogP contribution in [0.2, 0.25) is 0 Å². The van der Waals surface area contributed by atoms with E-state index < -0.39 is 0 Å². The largest absolute Gasteiger partial charge is 0.436 e. The number of hydrogen-bond acceptors (Lipinski definition) is 4. The molecule has 5 heteroatoms. The molecule has 158 valence electrons. The zero-order valence-corrected chi connectivity index (χ0v) is 18.4. The highest BCUT2D eigenvalue weighted by atomic mass is 16.3. The first-order valence-electron chi connectivity index (χ1n) is 10.6. The van der Waals surface area contributed by atoms with Crippen LogP contribution in [-0.4, -0.2) is 24.0 Å². The Hall–Kier alpha value is -3.60. The molecule has 4 rings (SSSR count). The van der Waals surface area contributed by atoms with Crippen LogP contribution < -0.4 is 10.2 Å². The van der Waals surface area contributed by atoms with Gasteiger partial charge in [0.15, 0.2) is 5.58 Å². The first-order chi connectivity index (χ1) is 15.0. The van der Waals surface area contributed by atoms with Crippen LogP contribution in [-0.2, 0) is 0 Å². The highest BCUT2D eigenvalue weighted by Crippen LogP contribution is 2.28. The maximum atomic E-state index is 12.6. The fourth-order valence-electron chi connectivity index (χ4n) is 3.62. The fourth-order valence-corrected chi connectivity index (χ4v) is 3.62. The molecule has 0 aliphatic heterocycles. The van der Waals surface area contributed by atoms with Gasteiger partial charge in [-0.2, -0.15) is 0 Å². The van der Waals surface area contributed by atoms with Crippen molar-refractivity contribution in [1.82, 2.24) is 4.98 Å². The van der Waals surface area contributed by atoms with Crippen LogP contribution in [0.1, 0.15) is 35.3 Å². The molecule has 0 saturated carbocycles. The summed E-state index contributed by atoms with van der Waals surface area (Å²) in [5, 5.41) is 2.95. The second kappa shape index (κ2) is 8.64. The predicted molar refractivity (Wildman–Crippen MR) is 127 cm³/mol. The molecule has 3 aromatic carbocycles. The number of rotatable bonds is 6. The molecule has 0 spiro atoms. The van der Waals surface area contributed by atoms with E-state index in [9.17, 15) is 4.79 Å². The zero-order chi connectivity index (χ0) is 22.0. The first-order valence-corrected chi connectivity index (χ1v) is 10.6. The molecule has 5 nitrogen and oxygen atoms in total. The number of carbonyl (C=O) groups excluding carboxylic acids is 1. The summed E-state index contributed by atoms with van der Waals surface area (Å²) in [6.07, 6.45) is 0. The number of benzene rings is 3. The number of aryl methyl sites for hydroxylation is 2. The molecule has 0 fully saturated rings. The number of amides is 1. The van der Waals surface area contributed by atoms with Crippen molar-refractivity contribution >= 4 is 28.4 Å². The number of anilines is 2. The van der Waals surface area contributed by atoms with E-state index in [0.29, 0.717) is 28.2 Å². The summed E-state index contributed by atoms with van der Waals surface area (Å²) in [6.45, 7) is 10.3. The minimum atomic E-state index is -0.141. The van der Waals surface area contributed by atoms with Gasteiger partial charge >= 0.3 is 0 Å². The number of nitrogens with one attached hydrogen (secondary N) is 1. The van der Waals surface area contributed by atoms with E-state index in [1.54, 1.807) is 0 Å². The summed E-state index contributed by atoms with van der Waals surface area (Å²) >= 11 is 0. The highest BCUT2D eigenvalue weighted by molar-refractivity contribution is 6.05. The molecular formula is C26H27N3O2. The first kappa shape index (κ1) is 20.7. The molecule has 0 bridgehead atoms. The lowest BCUT2D eigenvalue weighted by Gasteiger charge is -2.20. The van der Waals surface area contributed by atoms with E-state index in [1.807, 2.05) is 62.4 Å². The average molecular weight is 414 g/mol. The Balaban J connectivity index is 1.55. The third-order valence-corrected chi connectivity index (χ3v) is 5.66. The molecule has 0 aliphatic rings. The molecule has 1 N–H and O–H groups in total. The summed E-state index contributed by atoms with van der Waals surface area (Å²) in [5.74, 6) is 0.428. The molecule has 0 saturated heterocycles. The summed E-state index contributed by atoms with van der Waals surface area (Å²) < 4.78 is 5.94. The molecule has 1 aromatic heterocycles. The number of nitrogens with zero attached hydrogens (tertiary/aromatic N) is 2. The standard InChI is InChI=1S/C26H27N3O2/c1-5-29(6-2)22-12-9-19(10-13-22)26-28-23-16-21(11-14-24(23)31-26)27-25(30)20-8-7-17(3)18(4)15-20/h7-16H,5-6H2,1-4H3,(H,27,30). The minimum absolute atomic E-state index is 0.141. The summed E-state index contributed by atoms with van der Waals surface area (Å²) in [4.78, 5) is 19.5. The van der Waals surface area contributed by atoms with E-state index in [0.717, 1.165) is 24.2 Å². The molecule has 1 heterocycles. The topological polar surface area (TPSA) is 58.4 Å². The van der Waals surface area contributed by atoms with Crippen molar-refractivity contribution in [2.45, 2.75) is 27.7 Å². The molecule has 0 aliphatic carbocycles. The van der Waals surface area contributed by atoms with Gasteiger partial charge in [-0.1, -0.05) is 6.07 Å². The van der Waals surface area contributed by atoms with Crippen LogP contribution in [0.25, 0.3) is 22.6 Å². The Morgan fingerprint density at radius 2 is 1.68 bits per heavy atom. The SMILES string of the molecule is CCN(CC)c1ccc(-c2nc3cc(NC(=O)c4ccc(C)c(C)c4)ccc3o2)cc1. The second-order valence-corrected chi connectivity index (χ2v) is 7.67. The van der Waals surface area contributed by atoms with Gasteiger partial charge in [0.05, 0.1) is 0 Å². The van der Waals surface area contributed by atoms with Gasteiger partial charge in [0.25, 0.3) is 5.91 Å². The van der Waals surface area contributed by atoms with Gasteiger partial charge in [0.2, 0.25) is 5.89 Å². The van der Waals surface area contributed by atoms with Gasteiger partial charge in [0, 0.05) is 35.6 Å². The number of fused-ring (bicyclic) bond motifs is 1. The Morgan fingerprint density at radius 3 is 2.35 bits per heavy atom. The Labute approximate surface area is 182 Å². The van der Waals surface area contributed by atoms with Gasteiger partial charge in [-0.05, 0) is 93.4 Å². The van der Waals surface area contributed by atoms with Crippen molar-refractivity contribution in [2.24, 2.45) is 0 Å². The molecular weight excluding hydrogens is 386 g/mol. The Bertz CT molecular complexity index is 1220. The summed E-state index contributed by atoms with van der Waals surface area (Å²) in [7, 11) is 0. The average Bonchev–Trinajstić information content (AvgIpc) is 3.20. The second-order valence-electron chi connectivity index (χ2n) is 7.67. The van der Waals surface area contributed by atoms with Crippen molar-refractivity contribution < 1.29 is 9.21 Å². The Morgan fingerprint density at radius 1 is 0.935 bits per heavy atom. The minimum Gasteiger partial charge on any atom is -0.436 e. The lowest BCUT2D eigenvalue weighted by molar-refractivity contribution is 0.102. The van der Waals surface area contributed by atoms with Crippen molar-refractivity contribution in [3.05, 3.63) is 77.4 Å². The normalized spacial score (nSPS) is 11.0. The van der Waals surface area contributed by atoms with Crippen LogP contribution in [0.15, 0.2) is 65.1 Å². The number of hydrogen-bond donors (Lipinski definition) is 1. The van der Waals surface area contributed by atoms with Gasteiger partial charge < -0.3 is 14.6 Å². The van der Waals surface area contributed by atoms with Crippen LogP contribution in [0.5, 0.6) is 0 Å². The van der Waals surface area contributed by atoms with Crippen molar-refractivity contribution in [2.75, 3.05) is 23.3 Å². The van der Waals surface area contributed by atoms with E-state index in [4.69, 9.17) is 4.42 Å². The maximum Gasteiger partial charge on any atom is 0.255 e. The number of aromatic nitrogens is 1. The molecule has 1 amide bonds. The molecule has 0 unspecified atom stereocenters.